The SMILES string of the molecule is CCOC(=O)C(F)(F)[C@@](O)(CC(C)C)c1ccccc1. The van der Waals surface area contributed by atoms with Crippen LogP contribution in [0.2, 0.25) is 0 Å². The minimum Gasteiger partial charge on any atom is -0.461 e. The third-order valence-electron chi connectivity index (χ3n) is 3.01. The van der Waals surface area contributed by atoms with Crippen molar-refractivity contribution < 1.29 is 23.4 Å². The van der Waals surface area contributed by atoms with Crippen molar-refractivity contribution in [3.8, 4) is 0 Å². The molecule has 1 atom stereocenters. The molecule has 0 unspecified atom stereocenters. The Morgan fingerprint density at radius 2 is 1.85 bits per heavy atom. The van der Waals surface area contributed by atoms with E-state index in [1.54, 1.807) is 32.0 Å². The largest absolute Gasteiger partial charge is 0.461 e. The average molecular weight is 286 g/mol. The van der Waals surface area contributed by atoms with E-state index in [4.69, 9.17) is 0 Å². The maximum atomic E-state index is 14.4. The van der Waals surface area contributed by atoms with Gasteiger partial charge in [0.15, 0.2) is 5.60 Å². The molecule has 0 aliphatic carbocycles. The van der Waals surface area contributed by atoms with Crippen LogP contribution in [0, 0.1) is 5.92 Å². The van der Waals surface area contributed by atoms with Gasteiger partial charge in [-0.15, -0.1) is 0 Å². The van der Waals surface area contributed by atoms with Gasteiger partial charge in [0, 0.05) is 0 Å². The van der Waals surface area contributed by atoms with Crippen molar-refractivity contribution in [2.24, 2.45) is 5.92 Å². The zero-order valence-electron chi connectivity index (χ0n) is 11.9. The fourth-order valence-corrected chi connectivity index (χ4v) is 2.12. The highest BCUT2D eigenvalue weighted by molar-refractivity contribution is 5.79. The third kappa shape index (κ3) is 3.15. The minimum absolute atomic E-state index is 0.00625. The van der Waals surface area contributed by atoms with Gasteiger partial charge in [-0.05, 0) is 24.8 Å². The molecule has 0 aromatic heterocycles. The third-order valence-corrected chi connectivity index (χ3v) is 3.01. The molecule has 1 aromatic carbocycles. The maximum absolute atomic E-state index is 14.4. The molecule has 20 heavy (non-hydrogen) atoms. The monoisotopic (exact) mass is 286 g/mol. The van der Waals surface area contributed by atoms with E-state index in [0.29, 0.717) is 0 Å². The summed E-state index contributed by atoms with van der Waals surface area (Å²) in [7, 11) is 0. The quantitative estimate of drug-likeness (QED) is 0.817. The van der Waals surface area contributed by atoms with Gasteiger partial charge in [-0.25, -0.2) is 4.79 Å². The van der Waals surface area contributed by atoms with Gasteiger partial charge in [-0.1, -0.05) is 44.2 Å². The Balaban J connectivity index is 3.27. The average Bonchev–Trinajstić information content (AvgIpc) is 2.39. The van der Waals surface area contributed by atoms with Crippen LogP contribution in [0.4, 0.5) is 8.78 Å². The molecule has 1 rings (SSSR count). The van der Waals surface area contributed by atoms with E-state index >= 15 is 0 Å². The summed E-state index contributed by atoms with van der Waals surface area (Å²) < 4.78 is 33.2. The van der Waals surface area contributed by atoms with Crippen molar-refractivity contribution in [3.63, 3.8) is 0 Å². The van der Waals surface area contributed by atoms with Gasteiger partial charge in [0.1, 0.15) is 0 Å². The molecule has 0 aliphatic heterocycles. The molecule has 0 heterocycles. The van der Waals surface area contributed by atoms with Gasteiger partial charge in [-0.2, -0.15) is 8.78 Å². The van der Waals surface area contributed by atoms with Crippen molar-refractivity contribution in [1.29, 1.82) is 0 Å². The second-order valence-corrected chi connectivity index (χ2v) is 5.12. The number of carbonyl (C=O) groups is 1. The van der Waals surface area contributed by atoms with Gasteiger partial charge in [0.2, 0.25) is 0 Å². The van der Waals surface area contributed by atoms with Crippen LogP contribution in [0.1, 0.15) is 32.8 Å². The first kappa shape index (κ1) is 16.6. The highest BCUT2D eigenvalue weighted by Crippen LogP contribution is 2.43. The highest BCUT2D eigenvalue weighted by atomic mass is 19.3. The molecule has 5 heteroatoms. The van der Waals surface area contributed by atoms with E-state index in [-0.39, 0.29) is 24.5 Å². The van der Waals surface area contributed by atoms with Crippen molar-refractivity contribution in [1.82, 2.24) is 0 Å². The van der Waals surface area contributed by atoms with Crippen LogP contribution in [-0.4, -0.2) is 23.6 Å². The molecule has 0 spiro atoms. The lowest BCUT2D eigenvalue weighted by Gasteiger charge is -2.35. The molecule has 112 valence electrons. The summed E-state index contributed by atoms with van der Waals surface area (Å²) in [6.45, 7) is 4.68. The molecule has 0 amide bonds. The molecule has 1 N–H and O–H groups in total. The van der Waals surface area contributed by atoms with E-state index in [1.807, 2.05) is 0 Å². The summed E-state index contributed by atoms with van der Waals surface area (Å²) in [5.41, 5.74) is -2.57. The predicted octanol–water partition coefficient (Wildman–Crippen LogP) is 3.12. The number of benzene rings is 1. The number of hydrogen-bond donors (Lipinski definition) is 1. The fourth-order valence-electron chi connectivity index (χ4n) is 2.12. The maximum Gasteiger partial charge on any atom is 0.380 e. The van der Waals surface area contributed by atoms with Crippen LogP contribution in [-0.2, 0) is 15.1 Å². The van der Waals surface area contributed by atoms with E-state index in [0.717, 1.165) is 0 Å². The number of ether oxygens (including phenoxy) is 1. The standard InChI is InChI=1S/C15H20F2O3/c1-4-20-13(18)15(16,17)14(19,10-11(2)3)12-8-6-5-7-9-12/h5-9,11,19H,4,10H2,1-3H3/t14-/m1/s1. The number of aliphatic hydroxyl groups is 1. The van der Waals surface area contributed by atoms with Gasteiger partial charge in [-0.3, -0.25) is 0 Å². The summed E-state index contributed by atoms with van der Waals surface area (Å²) in [4.78, 5) is 11.5. The molecule has 0 saturated carbocycles. The summed E-state index contributed by atoms with van der Waals surface area (Å²) >= 11 is 0. The topological polar surface area (TPSA) is 46.5 Å². The molecular weight excluding hydrogens is 266 g/mol. The molecule has 3 nitrogen and oxygen atoms in total. The van der Waals surface area contributed by atoms with E-state index < -0.39 is 17.5 Å². The summed E-state index contributed by atoms with van der Waals surface area (Å²) in [6.07, 6.45) is -0.247. The Morgan fingerprint density at radius 1 is 1.30 bits per heavy atom. The van der Waals surface area contributed by atoms with Crippen LogP contribution < -0.4 is 0 Å². The zero-order chi connectivity index (χ0) is 15.4. The Morgan fingerprint density at radius 3 is 2.30 bits per heavy atom. The Labute approximate surface area is 117 Å². The van der Waals surface area contributed by atoms with E-state index in [2.05, 4.69) is 4.74 Å². The number of esters is 1. The fraction of sp³-hybridized carbons (Fsp3) is 0.533. The van der Waals surface area contributed by atoms with Crippen LogP contribution in [0.25, 0.3) is 0 Å². The van der Waals surface area contributed by atoms with Gasteiger partial charge < -0.3 is 9.84 Å². The Bertz CT molecular complexity index is 446. The van der Waals surface area contributed by atoms with Crippen LogP contribution in [0.3, 0.4) is 0 Å². The lowest BCUT2D eigenvalue weighted by molar-refractivity contribution is -0.221. The molecule has 0 radical (unpaired) electrons. The van der Waals surface area contributed by atoms with Crippen molar-refractivity contribution in [2.75, 3.05) is 6.61 Å². The van der Waals surface area contributed by atoms with Gasteiger partial charge in [0.25, 0.3) is 0 Å². The van der Waals surface area contributed by atoms with E-state index in [1.165, 1.54) is 19.1 Å². The Hall–Kier alpha value is -1.49. The van der Waals surface area contributed by atoms with Crippen molar-refractivity contribution >= 4 is 5.97 Å². The summed E-state index contributed by atoms with van der Waals surface area (Å²) in [5, 5.41) is 10.5. The first-order valence-electron chi connectivity index (χ1n) is 6.58. The number of alkyl halides is 2. The molecule has 0 fully saturated rings. The first-order valence-corrected chi connectivity index (χ1v) is 6.58. The van der Waals surface area contributed by atoms with Crippen LogP contribution in [0.15, 0.2) is 30.3 Å². The molecule has 1 aromatic rings. The molecule has 0 saturated heterocycles. The lowest BCUT2D eigenvalue weighted by Crippen LogP contribution is -2.52. The number of hydrogen-bond acceptors (Lipinski definition) is 3. The second-order valence-electron chi connectivity index (χ2n) is 5.12. The van der Waals surface area contributed by atoms with Crippen LogP contribution >= 0.6 is 0 Å². The van der Waals surface area contributed by atoms with Crippen molar-refractivity contribution in [3.05, 3.63) is 35.9 Å². The van der Waals surface area contributed by atoms with Crippen molar-refractivity contribution in [2.45, 2.75) is 38.7 Å². The minimum atomic E-state index is -4.01. The first-order chi connectivity index (χ1) is 9.25. The zero-order valence-corrected chi connectivity index (χ0v) is 11.9. The highest BCUT2D eigenvalue weighted by Gasteiger charge is 2.60. The molecular formula is C15H20F2O3. The number of carbonyl (C=O) groups excluding carboxylic acids is 1. The smallest absolute Gasteiger partial charge is 0.380 e. The number of halogens is 2. The summed E-state index contributed by atoms with van der Waals surface area (Å²) in [5.74, 6) is -5.93. The predicted molar refractivity (Wildman–Crippen MR) is 71.4 cm³/mol. The summed E-state index contributed by atoms with van der Waals surface area (Å²) in [6, 6.07) is 7.51. The van der Waals surface area contributed by atoms with E-state index in [9.17, 15) is 18.7 Å². The second kappa shape index (κ2) is 6.31. The van der Waals surface area contributed by atoms with Crippen LogP contribution in [0.5, 0.6) is 0 Å². The molecule has 0 bridgehead atoms. The normalized spacial score (nSPS) is 14.9. The number of rotatable bonds is 6. The van der Waals surface area contributed by atoms with Gasteiger partial charge in [0.05, 0.1) is 6.61 Å². The lowest BCUT2D eigenvalue weighted by atomic mass is 9.80. The Kier molecular flexibility index (Phi) is 5.22. The molecule has 0 aliphatic rings. The van der Waals surface area contributed by atoms with Gasteiger partial charge >= 0.3 is 11.9 Å².